The minimum absolute atomic E-state index is 0.347. The van der Waals surface area contributed by atoms with Crippen molar-refractivity contribution in [3.63, 3.8) is 0 Å². The van der Waals surface area contributed by atoms with E-state index in [1.807, 2.05) is 6.92 Å². The molecule has 4 nitrogen and oxygen atoms in total. The molecule has 0 fully saturated rings. The highest BCUT2D eigenvalue weighted by molar-refractivity contribution is 6.13. The van der Waals surface area contributed by atoms with Gasteiger partial charge in [0.05, 0.1) is 11.6 Å². The molecule has 0 aromatic heterocycles. The zero-order chi connectivity index (χ0) is 10.9. The van der Waals surface area contributed by atoms with Crippen molar-refractivity contribution in [2.24, 2.45) is 0 Å². The number of hydrogen-bond donors (Lipinski definition) is 1. The molecular weight excluding hydrogens is 182 g/mol. The highest BCUT2D eigenvalue weighted by Crippen LogP contribution is 2.26. The molecule has 1 aliphatic rings. The number of aliphatic hydroxyl groups excluding tert-OH is 1. The third-order valence-corrected chi connectivity index (χ3v) is 2.94. The molecule has 2 atom stereocenters. The lowest BCUT2D eigenvalue weighted by molar-refractivity contribution is -0.148. The fraction of sp³-hybridized carbons (Fsp3) is 0.600. The van der Waals surface area contributed by atoms with Crippen molar-refractivity contribution in [2.75, 3.05) is 0 Å². The van der Waals surface area contributed by atoms with Crippen LogP contribution in [0.15, 0.2) is 12.2 Å². The summed E-state index contributed by atoms with van der Waals surface area (Å²) in [4.78, 5) is 23.9. The molecule has 2 unspecified atom stereocenters. The van der Waals surface area contributed by atoms with Gasteiger partial charge >= 0.3 is 0 Å². The van der Waals surface area contributed by atoms with Crippen molar-refractivity contribution in [3.8, 4) is 0 Å². The molecule has 0 bridgehead atoms. The maximum atomic E-state index is 11.4. The monoisotopic (exact) mass is 197 g/mol. The van der Waals surface area contributed by atoms with E-state index in [1.54, 1.807) is 13.8 Å². The van der Waals surface area contributed by atoms with E-state index in [0.29, 0.717) is 6.42 Å². The van der Waals surface area contributed by atoms with Crippen LogP contribution in [0, 0.1) is 0 Å². The number of carbonyl (C=O) groups excluding carboxylic acids is 2. The van der Waals surface area contributed by atoms with E-state index in [2.05, 4.69) is 0 Å². The summed E-state index contributed by atoms with van der Waals surface area (Å²) < 4.78 is 0. The molecule has 1 rings (SSSR count). The fourth-order valence-corrected chi connectivity index (χ4v) is 1.54. The van der Waals surface area contributed by atoms with Crippen molar-refractivity contribution < 1.29 is 14.7 Å². The maximum Gasteiger partial charge on any atom is 0.254 e. The van der Waals surface area contributed by atoms with Gasteiger partial charge in [0, 0.05) is 12.2 Å². The van der Waals surface area contributed by atoms with Gasteiger partial charge in [-0.25, -0.2) is 0 Å². The molecule has 0 saturated carbocycles. The number of carbonyl (C=O) groups is 2. The summed E-state index contributed by atoms with van der Waals surface area (Å²) in [6, 6.07) is 0. The number of amides is 2. The quantitative estimate of drug-likeness (QED) is 0.669. The second kappa shape index (κ2) is 3.53. The van der Waals surface area contributed by atoms with Crippen molar-refractivity contribution in [3.05, 3.63) is 12.2 Å². The predicted molar refractivity (Wildman–Crippen MR) is 51.4 cm³/mol. The van der Waals surface area contributed by atoms with Gasteiger partial charge in [-0.05, 0) is 20.3 Å². The van der Waals surface area contributed by atoms with E-state index in [0.717, 1.165) is 4.90 Å². The normalized spacial score (nSPS) is 22.7. The smallest absolute Gasteiger partial charge is 0.254 e. The molecule has 0 aromatic rings. The largest absolute Gasteiger partial charge is 0.391 e. The van der Waals surface area contributed by atoms with Crippen molar-refractivity contribution in [1.29, 1.82) is 0 Å². The van der Waals surface area contributed by atoms with Crippen molar-refractivity contribution >= 4 is 11.8 Å². The molecule has 78 valence electrons. The maximum absolute atomic E-state index is 11.4. The molecule has 14 heavy (non-hydrogen) atoms. The van der Waals surface area contributed by atoms with Crippen LogP contribution >= 0.6 is 0 Å². The summed E-state index contributed by atoms with van der Waals surface area (Å²) >= 11 is 0. The van der Waals surface area contributed by atoms with Gasteiger partial charge in [0.15, 0.2) is 0 Å². The summed E-state index contributed by atoms with van der Waals surface area (Å²) in [5.74, 6) is -0.694. The second-order valence-electron chi connectivity index (χ2n) is 3.73. The molecule has 2 amide bonds. The Kier molecular flexibility index (Phi) is 2.76. The van der Waals surface area contributed by atoms with E-state index < -0.39 is 11.6 Å². The van der Waals surface area contributed by atoms with Gasteiger partial charge in [0.1, 0.15) is 0 Å². The third-order valence-electron chi connectivity index (χ3n) is 2.94. The molecule has 0 spiro atoms. The molecule has 0 radical (unpaired) electrons. The van der Waals surface area contributed by atoms with Gasteiger partial charge in [-0.15, -0.1) is 0 Å². The van der Waals surface area contributed by atoms with E-state index >= 15 is 0 Å². The van der Waals surface area contributed by atoms with Gasteiger partial charge < -0.3 is 5.11 Å². The van der Waals surface area contributed by atoms with Gasteiger partial charge in [-0.3, -0.25) is 14.5 Å². The highest BCUT2D eigenvalue weighted by Gasteiger charge is 2.42. The van der Waals surface area contributed by atoms with Crippen LogP contribution in [0.25, 0.3) is 0 Å². The van der Waals surface area contributed by atoms with Crippen LogP contribution in [0.3, 0.4) is 0 Å². The Morgan fingerprint density at radius 2 is 1.86 bits per heavy atom. The Morgan fingerprint density at radius 3 is 2.14 bits per heavy atom. The standard InChI is InChI=1S/C10H15NO3/c1-4-10(3,7(2)12)11-8(13)5-6-9(11)14/h5-7,12H,4H2,1-3H3. The van der Waals surface area contributed by atoms with E-state index in [1.165, 1.54) is 12.2 Å². The van der Waals surface area contributed by atoms with E-state index in [-0.39, 0.29) is 11.8 Å². The lowest BCUT2D eigenvalue weighted by atomic mass is 9.90. The summed E-state index contributed by atoms with van der Waals surface area (Å²) in [6.45, 7) is 5.13. The van der Waals surface area contributed by atoms with E-state index in [9.17, 15) is 14.7 Å². The Morgan fingerprint density at radius 1 is 1.43 bits per heavy atom. The average molecular weight is 197 g/mol. The Bertz CT molecular complexity index is 278. The minimum atomic E-state index is -0.808. The minimum Gasteiger partial charge on any atom is -0.391 e. The first-order chi connectivity index (χ1) is 6.43. The fourth-order valence-electron chi connectivity index (χ4n) is 1.54. The lowest BCUT2D eigenvalue weighted by Gasteiger charge is -2.38. The Labute approximate surface area is 83.2 Å². The second-order valence-corrected chi connectivity index (χ2v) is 3.73. The van der Waals surface area contributed by atoms with Crippen LogP contribution in [0.4, 0.5) is 0 Å². The van der Waals surface area contributed by atoms with Crippen LogP contribution in [0.1, 0.15) is 27.2 Å². The van der Waals surface area contributed by atoms with Crippen molar-refractivity contribution in [2.45, 2.75) is 38.8 Å². The predicted octanol–water partition coefficient (Wildman–Crippen LogP) is 0.461. The highest BCUT2D eigenvalue weighted by atomic mass is 16.3. The number of aliphatic hydroxyl groups is 1. The first-order valence-electron chi connectivity index (χ1n) is 4.67. The van der Waals surface area contributed by atoms with Gasteiger partial charge in [-0.1, -0.05) is 6.92 Å². The zero-order valence-electron chi connectivity index (χ0n) is 8.65. The number of nitrogens with zero attached hydrogens (tertiary/aromatic N) is 1. The van der Waals surface area contributed by atoms with Crippen LogP contribution in [0.2, 0.25) is 0 Å². The number of rotatable bonds is 3. The first-order valence-corrected chi connectivity index (χ1v) is 4.67. The molecule has 1 N–H and O–H groups in total. The summed E-state index contributed by atoms with van der Waals surface area (Å²) in [5.41, 5.74) is -0.808. The van der Waals surface area contributed by atoms with Crippen LogP contribution in [0.5, 0.6) is 0 Å². The van der Waals surface area contributed by atoms with E-state index in [4.69, 9.17) is 0 Å². The summed E-state index contributed by atoms with van der Waals surface area (Å²) in [5, 5.41) is 9.59. The van der Waals surface area contributed by atoms with Crippen molar-refractivity contribution in [1.82, 2.24) is 4.90 Å². The number of hydrogen-bond acceptors (Lipinski definition) is 3. The SMILES string of the molecule is CCC(C)(C(C)O)N1C(=O)C=CC1=O. The number of imide groups is 1. The molecule has 0 aliphatic carbocycles. The first kappa shape index (κ1) is 10.9. The lowest BCUT2D eigenvalue weighted by Crippen LogP contribution is -2.55. The zero-order valence-corrected chi connectivity index (χ0v) is 8.65. The average Bonchev–Trinajstić information content (AvgIpc) is 2.45. The Balaban J connectivity index is 3.02. The molecule has 1 aliphatic heterocycles. The summed E-state index contributed by atoms with van der Waals surface area (Å²) in [7, 11) is 0. The van der Waals surface area contributed by atoms with Gasteiger partial charge in [0.25, 0.3) is 11.8 Å². The summed E-state index contributed by atoms with van der Waals surface area (Å²) in [6.07, 6.45) is 2.27. The topological polar surface area (TPSA) is 57.6 Å². The molecule has 1 heterocycles. The van der Waals surface area contributed by atoms with Gasteiger partial charge in [0.2, 0.25) is 0 Å². The third kappa shape index (κ3) is 1.46. The van der Waals surface area contributed by atoms with Crippen LogP contribution < -0.4 is 0 Å². The molecule has 4 heteroatoms. The Hall–Kier alpha value is -1.16. The van der Waals surface area contributed by atoms with Gasteiger partial charge in [-0.2, -0.15) is 0 Å². The van der Waals surface area contributed by atoms with Crippen LogP contribution in [-0.2, 0) is 9.59 Å². The molecule has 0 aromatic carbocycles. The molecule has 0 saturated heterocycles. The molecular formula is C10H15NO3. The van der Waals surface area contributed by atoms with Crippen LogP contribution in [-0.4, -0.2) is 33.5 Å².